The van der Waals surface area contributed by atoms with E-state index in [4.69, 9.17) is 0 Å². The highest BCUT2D eigenvalue weighted by atomic mass is 32.2. The van der Waals surface area contributed by atoms with Gasteiger partial charge in [0.15, 0.2) is 0 Å². The van der Waals surface area contributed by atoms with Crippen molar-refractivity contribution < 1.29 is 4.57 Å². The molecule has 0 N–H and O–H groups in total. The number of anilines is 1. The number of hydrogen-bond donors (Lipinski definition) is 0. The fourth-order valence-electron chi connectivity index (χ4n) is 5.47. The van der Waals surface area contributed by atoms with Gasteiger partial charge in [0, 0.05) is 35.3 Å². The van der Waals surface area contributed by atoms with Gasteiger partial charge in [-0.25, -0.2) is 0 Å². The molecule has 0 aliphatic carbocycles. The highest BCUT2D eigenvalue weighted by molar-refractivity contribution is 8.08. The van der Waals surface area contributed by atoms with E-state index in [0.29, 0.717) is 6.54 Å². The van der Waals surface area contributed by atoms with Crippen LogP contribution in [0.1, 0.15) is 18.9 Å². The molecule has 6 aromatic rings. The predicted octanol–water partition coefficient (Wildman–Crippen LogP) is 5.89. The van der Waals surface area contributed by atoms with E-state index in [-0.39, 0.29) is 5.56 Å². The molecule has 1 aliphatic heterocycles. The SMILES string of the molecule is CCn1c(=O)/c(=C2\Sc3ccc4ccccc4c3N2C)s/c1=C\c1sc2c3ccccc3ccc2[n+]1CC. The van der Waals surface area contributed by atoms with E-state index in [0.717, 1.165) is 20.8 Å². The zero-order chi connectivity index (χ0) is 26.0. The van der Waals surface area contributed by atoms with Crippen molar-refractivity contribution in [2.24, 2.45) is 0 Å². The molecule has 7 heteroatoms. The Morgan fingerprint density at radius 2 is 1.58 bits per heavy atom. The molecule has 0 atom stereocenters. The molecular formula is C31H26N3OS3+. The minimum absolute atomic E-state index is 0.0878. The Kier molecular flexibility index (Phi) is 5.69. The summed E-state index contributed by atoms with van der Waals surface area (Å²) in [6.45, 7) is 5.75. The Labute approximate surface area is 232 Å². The Bertz CT molecular complexity index is 2080. The summed E-state index contributed by atoms with van der Waals surface area (Å²) in [5.74, 6) is 0. The van der Waals surface area contributed by atoms with Crippen LogP contribution in [0.4, 0.5) is 5.69 Å². The number of thiazole rings is 2. The number of aromatic nitrogens is 2. The van der Waals surface area contributed by atoms with E-state index in [1.165, 1.54) is 47.4 Å². The van der Waals surface area contributed by atoms with Crippen LogP contribution in [0.25, 0.3) is 42.9 Å². The number of thioether (sulfide) groups is 1. The van der Waals surface area contributed by atoms with Crippen LogP contribution in [0.3, 0.4) is 0 Å². The van der Waals surface area contributed by atoms with Gasteiger partial charge in [-0.3, -0.25) is 9.36 Å². The number of hydrogen-bond acceptors (Lipinski definition) is 5. The highest BCUT2D eigenvalue weighted by Crippen LogP contribution is 2.48. The molecule has 0 saturated heterocycles. The summed E-state index contributed by atoms with van der Waals surface area (Å²) in [4.78, 5) is 17.2. The third-order valence-electron chi connectivity index (χ3n) is 7.32. The zero-order valence-electron chi connectivity index (χ0n) is 21.4. The Morgan fingerprint density at radius 1 is 0.868 bits per heavy atom. The predicted molar refractivity (Wildman–Crippen MR) is 164 cm³/mol. The van der Waals surface area contributed by atoms with Crippen LogP contribution >= 0.6 is 34.4 Å². The van der Waals surface area contributed by atoms with Crippen LogP contribution in [-0.2, 0) is 13.1 Å². The second-order valence-corrected chi connectivity index (χ2v) is 12.5. The third-order valence-corrected chi connectivity index (χ3v) is 11.0. The summed E-state index contributed by atoms with van der Waals surface area (Å²) in [7, 11) is 2.08. The van der Waals surface area contributed by atoms with E-state index in [1.54, 1.807) is 23.1 Å². The van der Waals surface area contributed by atoms with E-state index < -0.39 is 0 Å². The molecule has 0 unspecified atom stereocenters. The maximum absolute atomic E-state index is 13.7. The van der Waals surface area contributed by atoms with Crippen molar-refractivity contribution in [1.82, 2.24) is 4.57 Å². The maximum atomic E-state index is 13.7. The van der Waals surface area contributed by atoms with Crippen LogP contribution in [-0.4, -0.2) is 11.6 Å². The lowest BCUT2D eigenvalue weighted by molar-refractivity contribution is -0.665. The van der Waals surface area contributed by atoms with Crippen molar-refractivity contribution in [3.63, 3.8) is 0 Å². The molecule has 0 amide bonds. The molecule has 2 aromatic heterocycles. The van der Waals surface area contributed by atoms with E-state index in [9.17, 15) is 4.79 Å². The van der Waals surface area contributed by atoms with Crippen molar-refractivity contribution in [2.45, 2.75) is 31.8 Å². The molecule has 38 heavy (non-hydrogen) atoms. The molecule has 0 spiro atoms. The minimum Gasteiger partial charge on any atom is -0.336 e. The second-order valence-electron chi connectivity index (χ2n) is 9.38. The first-order chi connectivity index (χ1) is 18.6. The fourth-order valence-corrected chi connectivity index (χ4v) is 9.31. The third kappa shape index (κ3) is 3.49. The first kappa shape index (κ1) is 23.7. The van der Waals surface area contributed by atoms with Gasteiger partial charge in [-0.15, -0.1) is 11.3 Å². The molecular weight excluding hydrogens is 527 g/mol. The summed E-state index contributed by atoms with van der Waals surface area (Å²) in [5.41, 5.74) is 2.52. The van der Waals surface area contributed by atoms with Gasteiger partial charge in [0.25, 0.3) is 10.6 Å². The van der Waals surface area contributed by atoms with Gasteiger partial charge in [0.05, 0.1) is 11.8 Å². The summed E-state index contributed by atoms with van der Waals surface area (Å²) in [6, 6.07) is 25.8. The fraction of sp³-hybridized carbons (Fsp3) is 0.161. The molecule has 0 radical (unpaired) electrons. The van der Waals surface area contributed by atoms with E-state index in [1.807, 2.05) is 15.9 Å². The van der Waals surface area contributed by atoms with Gasteiger partial charge in [-0.1, -0.05) is 77.7 Å². The molecule has 0 saturated carbocycles. The monoisotopic (exact) mass is 552 g/mol. The largest absolute Gasteiger partial charge is 0.336 e. The molecule has 3 heterocycles. The second kappa shape index (κ2) is 9.12. The molecule has 4 aromatic carbocycles. The van der Waals surface area contributed by atoms with Gasteiger partial charge in [-0.05, 0) is 36.8 Å². The average Bonchev–Trinajstić information content (AvgIpc) is 3.58. The summed E-state index contributed by atoms with van der Waals surface area (Å²) in [5, 5.41) is 7.15. The van der Waals surface area contributed by atoms with Crippen LogP contribution < -0.4 is 24.2 Å². The molecule has 7 rings (SSSR count). The number of rotatable bonds is 3. The lowest BCUT2D eigenvalue weighted by Crippen LogP contribution is -2.35. The number of fused-ring (bicyclic) bond motifs is 6. The lowest BCUT2D eigenvalue weighted by atomic mass is 10.1. The lowest BCUT2D eigenvalue weighted by Gasteiger charge is -2.15. The summed E-state index contributed by atoms with van der Waals surface area (Å²) < 4.78 is 7.38. The standard InChI is InChI=1S/C31H26N3OS3/c1-4-33-23-16-14-20-11-7-9-13-22(20)28(23)37-25(33)18-26-34(5-2)30(35)29(38-26)31-32(3)27-21-12-8-6-10-19(21)15-17-24(27)36-31/h6-18H,4-5H2,1-3H3/q+1/b31-29+. The Balaban J connectivity index is 1.45. The van der Waals surface area contributed by atoms with Crippen molar-refractivity contribution in [2.75, 3.05) is 11.9 Å². The van der Waals surface area contributed by atoms with Crippen LogP contribution in [0.5, 0.6) is 0 Å². The van der Waals surface area contributed by atoms with Crippen molar-refractivity contribution in [3.05, 3.63) is 97.4 Å². The Morgan fingerprint density at radius 3 is 2.34 bits per heavy atom. The number of benzene rings is 4. The minimum atomic E-state index is 0.0878. The molecule has 0 bridgehead atoms. The molecule has 188 valence electrons. The van der Waals surface area contributed by atoms with Gasteiger partial charge in [-0.2, -0.15) is 4.57 Å². The highest BCUT2D eigenvalue weighted by Gasteiger charge is 2.27. The van der Waals surface area contributed by atoms with Crippen LogP contribution in [0.2, 0.25) is 0 Å². The average molecular weight is 553 g/mol. The van der Waals surface area contributed by atoms with Crippen molar-refractivity contribution in [1.29, 1.82) is 0 Å². The Hall–Kier alpha value is -3.39. The van der Waals surface area contributed by atoms with Gasteiger partial charge >= 0.3 is 0 Å². The van der Waals surface area contributed by atoms with E-state index in [2.05, 4.69) is 109 Å². The topological polar surface area (TPSA) is 29.1 Å². The smallest absolute Gasteiger partial charge is 0.271 e. The molecule has 0 fully saturated rings. The van der Waals surface area contributed by atoms with Crippen molar-refractivity contribution >= 4 is 83.0 Å². The maximum Gasteiger partial charge on any atom is 0.271 e. The van der Waals surface area contributed by atoms with Gasteiger partial charge in [0.1, 0.15) is 25.5 Å². The number of aryl methyl sites for hydroxylation is 1. The quantitative estimate of drug-likeness (QED) is 0.256. The molecule has 1 aliphatic rings. The molecule has 4 nitrogen and oxygen atoms in total. The van der Waals surface area contributed by atoms with E-state index >= 15 is 0 Å². The van der Waals surface area contributed by atoms with Gasteiger partial charge < -0.3 is 4.90 Å². The summed E-state index contributed by atoms with van der Waals surface area (Å²) >= 11 is 5.11. The summed E-state index contributed by atoms with van der Waals surface area (Å²) in [6.07, 6.45) is 2.21. The van der Waals surface area contributed by atoms with Crippen LogP contribution in [0, 0.1) is 0 Å². The number of nitrogens with zero attached hydrogens (tertiary/aromatic N) is 3. The first-order valence-corrected chi connectivity index (χ1v) is 15.3. The first-order valence-electron chi connectivity index (χ1n) is 12.8. The van der Waals surface area contributed by atoms with Crippen LogP contribution in [0.15, 0.2) is 82.5 Å². The van der Waals surface area contributed by atoms with Crippen molar-refractivity contribution in [3.8, 4) is 0 Å². The zero-order valence-corrected chi connectivity index (χ0v) is 23.8. The van der Waals surface area contributed by atoms with Gasteiger partial charge in [0.2, 0.25) is 5.52 Å². The normalized spacial score (nSPS) is 15.3.